The molecule has 3 atom stereocenters. The van der Waals surface area contributed by atoms with Crippen molar-refractivity contribution in [3.8, 4) is 11.4 Å². The molecule has 8 nitrogen and oxygen atoms in total. The summed E-state index contributed by atoms with van der Waals surface area (Å²) < 4.78 is 75.3. The van der Waals surface area contributed by atoms with E-state index in [9.17, 15) is 31.5 Å². The minimum Gasteiger partial charge on any atom is -0.379 e. The fraction of sp³-hybridized carbons (Fsp3) is 0.500. The maximum atomic E-state index is 13.7. The Kier molecular flexibility index (Phi) is 4.92. The van der Waals surface area contributed by atoms with Crippen molar-refractivity contribution >= 4 is 12.3 Å². The van der Waals surface area contributed by atoms with Gasteiger partial charge in [-0.2, -0.15) is 18.2 Å². The van der Waals surface area contributed by atoms with Crippen LogP contribution in [0.15, 0.2) is 22.7 Å². The first-order valence-corrected chi connectivity index (χ1v) is 10.1. The summed E-state index contributed by atoms with van der Waals surface area (Å²) in [5, 5.41) is 3.33. The van der Waals surface area contributed by atoms with Crippen molar-refractivity contribution in [2.75, 3.05) is 13.2 Å². The normalized spacial score (nSPS) is 26.3. The van der Waals surface area contributed by atoms with E-state index < -0.39 is 48.4 Å². The van der Waals surface area contributed by atoms with Gasteiger partial charge in [0, 0.05) is 30.7 Å². The molecule has 2 amide bonds. The van der Waals surface area contributed by atoms with E-state index in [1.165, 1.54) is 17.0 Å². The highest BCUT2D eigenvalue weighted by molar-refractivity contribution is 5.99. The Morgan fingerprint density at radius 2 is 2.03 bits per heavy atom. The van der Waals surface area contributed by atoms with E-state index in [0.717, 1.165) is 4.90 Å². The molecule has 0 spiro atoms. The topological polar surface area (TPSA) is 88.8 Å². The summed E-state index contributed by atoms with van der Waals surface area (Å²) in [6, 6.07) is 1.92. The zero-order valence-corrected chi connectivity index (χ0v) is 16.9. The SMILES string of the molecule is O=CN([C@@H]1CCOC[C@H]1N1Cc2ccc(-c3noc(C(F)(F)F)n3)cc2C1=O)[C@@H]1CC1(F)F. The number of rotatable bonds is 5. The highest BCUT2D eigenvalue weighted by Gasteiger charge is 2.62. The largest absolute Gasteiger partial charge is 0.471 e. The molecule has 1 saturated carbocycles. The van der Waals surface area contributed by atoms with Gasteiger partial charge in [-0.25, -0.2) is 8.78 Å². The van der Waals surface area contributed by atoms with E-state index in [1.54, 1.807) is 6.07 Å². The van der Waals surface area contributed by atoms with Crippen LogP contribution >= 0.6 is 0 Å². The van der Waals surface area contributed by atoms with Crippen molar-refractivity contribution in [3.05, 3.63) is 35.2 Å². The van der Waals surface area contributed by atoms with Gasteiger partial charge in [0.15, 0.2) is 0 Å². The van der Waals surface area contributed by atoms with Crippen LogP contribution in [0.5, 0.6) is 0 Å². The molecule has 2 fully saturated rings. The van der Waals surface area contributed by atoms with Gasteiger partial charge in [0.05, 0.1) is 18.7 Å². The Morgan fingerprint density at radius 3 is 2.67 bits per heavy atom. The minimum atomic E-state index is -4.80. The molecule has 3 aliphatic rings. The molecular formula is C20H17F5N4O4. The lowest BCUT2D eigenvalue weighted by Crippen LogP contribution is -2.57. The average Bonchev–Trinajstić information content (AvgIpc) is 3.13. The highest BCUT2D eigenvalue weighted by atomic mass is 19.4. The van der Waals surface area contributed by atoms with E-state index in [4.69, 9.17) is 4.74 Å². The molecule has 1 saturated heterocycles. The first-order chi connectivity index (χ1) is 15.6. The Hall–Kier alpha value is -3.09. The molecule has 1 aromatic heterocycles. The van der Waals surface area contributed by atoms with Crippen LogP contribution in [0, 0.1) is 0 Å². The van der Waals surface area contributed by atoms with Crippen molar-refractivity contribution in [2.24, 2.45) is 0 Å². The number of hydrogen-bond donors (Lipinski definition) is 0. The van der Waals surface area contributed by atoms with Crippen LogP contribution in [0.25, 0.3) is 11.4 Å². The minimum absolute atomic E-state index is 0.0691. The fourth-order valence-corrected chi connectivity index (χ4v) is 4.45. The van der Waals surface area contributed by atoms with Gasteiger partial charge in [-0.3, -0.25) is 9.59 Å². The second-order valence-corrected chi connectivity index (χ2v) is 8.26. The summed E-state index contributed by atoms with van der Waals surface area (Å²) in [5.41, 5.74) is 0.985. The smallest absolute Gasteiger partial charge is 0.379 e. The summed E-state index contributed by atoms with van der Waals surface area (Å²) in [7, 11) is 0. The second kappa shape index (κ2) is 7.47. The van der Waals surface area contributed by atoms with Crippen LogP contribution in [0.3, 0.4) is 0 Å². The third-order valence-electron chi connectivity index (χ3n) is 6.22. The number of amides is 2. The van der Waals surface area contributed by atoms with Crippen LogP contribution in [-0.2, 0) is 22.3 Å². The molecule has 2 aliphatic heterocycles. The summed E-state index contributed by atoms with van der Waals surface area (Å²) in [6.07, 6.45) is -4.52. The maximum absolute atomic E-state index is 13.7. The van der Waals surface area contributed by atoms with Gasteiger partial charge in [0.1, 0.15) is 6.04 Å². The molecule has 3 heterocycles. The number of alkyl halides is 5. The number of carbonyl (C=O) groups excluding carboxylic acids is 2. The molecule has 0 unspecified atom stereocenters. The third kappa shape index (κ3) is 3.73. The summed E-state index contributed by atoms with van der Waals surface area (Å²) in [6.45, 7) is 0.481. The molecule has 0 bridgehead atoms. The standard InChI is InChI=1S/C20H17F5N4O4/c21-19(22)6-15(19)29(9-30)13-3-4-32-8-14(13)28-7-11-2-1-10(5-12(11)17(28)31)16-26-18(33-27-16)20(23,24)25/h1-2,5,9,13-15H,3-4,6-8H2/t13-,14-,15-/m1/s1. The Bertz CT molecular complexity index is 1100. The van der Waals surface area contributed by atoms with Gasteiger partial charge in [-0.15, -0.1) is 0 Å². The molecule has 1 aliphatic carbocycles. The van der Waals surface area contributed by atoms with Gasteiger partial charge in [-0.05, 0) is 18.1 Å². The number of ether oxygens (including phenoxy) is 1. The first-order valence-electron chi connectivity index (χ1n) is 10.1. The third-order valence-corrected chi connectivity index (χ3v) is 6.22. The van der Waals surface area contributed by atoms with E-state index in [2.05, 4.69) is 14.7 Å². The molecule has 2 aromatic rings. The number of halogens is 5. The van der Waals surface area contributed by atoms with Gasteiger partial charge >= 0.3 is 12.1 Å². The lowest BCUT2D eigenvalue weighted by Gasteiger charge is -2.42. The van der Waals surface area contributed by atoms with Crippen LogP contribution < -0.4 is 0 Å². The highest BCUT2D eigenvalue weighted by Crippen LogP contribution is 2.47. The molecule has 0 N–H and O–H groups in total. The number of aromatic nitrogens is 2. The first kappa shape index (κ1) is 21.7. The van der Waals surface area contributed by atoms with Crippen molar-refractivity contribution in [3.63, 3.8) is 0 Å². The Balaban J connectivity index is 1.40. The second-order valence-electron chi connectivity index (χ2n) is 8.26. The predicted molar refractivity (Wildman–Crippen MR) is 98.9 cm³/mol. The number of hydrogen-bond acceptors (Lipinski definition) is 6. The maximum Gasteiger partial charge on any atom is 0.471 e. The van der Waals surface area contributed by atoms with Crippen molar-refractivity contribution in [1.82, 2.24) is 19.9 Å². The zero-order chi connectivity index (χ0) is 23.5. The molecule has 5 rings (SSSR count). The number of fused-ring (bicyclic) bond motifs is 1. The van der Waals surface area contributed by atoms with Gasteiger partial charge < -0.3 is 19.1 Å². The summed E-state index contributed by atoms with van der Waals surface area (Å²) in [4.78, 5) is 30.7. The quantitative estimate of drug-likeness (QED) is 0.491. The molecule has 13 heteroatoms. The Morgan fingerprint density at radius 1 is 1.27 bits per heavy atom. The lowest BCUT2D eigenvalue weighted by atomic mass is 10.00. The molecule has 0 radical (unpaired) electrons. The molecule has 176 valence electrons. The fourth-order valence-electron chi connectivity index (χ4n) is 4.45. The van der Waals surface area contributed by atoms with E-state index in [-0.39, 0.29) is 36.7 Å². The van der Waals surface area contributed by atoms with E-state index in [1.807, 2.05) is 0 Å². The van der Waals surface area contributed by atoms with Crippen molar-refractivity contribution in [2.45, 2.75) is 49.6 Å². The zero-order valence-electron chi connectivity index (χ0n) is 16.9. The van der Waals surface area contributed by atoms with Crippen LogP contribution in [0.4, 0.5) is 22.0 Å². The van der Waals surface area contributed by atoms with E-state index >= 15 is 0 Å². The van der Waals surface area contributed by atoms with Crippen LogP contribution in [0.1, 0.15) is 34.7 Å². The average molecular weight is 472 g/mol. The monoisotopic (exact) mass is 472 g/mol. The molecule has 1 aromatic carbocycles. The van der Waals surface area contributed by atoms with Crippen molar-refractivity contribution < 1.29 is 40.8 Å². The molecule has 33 heavy (non-hydrogen) atoms. The van der Waals surface area contributed by atoms with Crippen molar-refractivity contribution in [1.29, 1.82) is 0 Å². The summed E-state index contributed by atoms with van der Waals surface area (Å²) >= 11 is 0. The lowest BCUT2D eigenvalue weighted by molar-refractivity contribution is -0.159. The van der Waals surface area contributed by atoms with Gasteiger partial charge in [0.25, 0.3) is 11.8 Å². The predicted octanol–water partition coefficient (Wildman–Crippen LogP) is 2.73. The summed E-state index contributed by atoms with van der Waals surface area (Å²) in [5.74, 6) is -5.21. The van der Waals surface area contributed by atoms with Gasteiger partial charge in [-0.1, -0.05) is 17.3 Å². The van der Waals surface area contributed by atoms with E-state index in [0.29, 0.717) is 18.4 Å². The number of nitrogens with zero attached hydrogens (tertiary/aromatic N) is 4. The number of carbonyl (C=O) groups is 2. The molecular weight excluding hydrogens is 455 g/mol. The van der Waals surface area contributed by atoms with Crippen LogP contribution in [-0.4, -0.2) is 69.5 Å². The number of benzene rings is 1. The van der Waals surface area contributed by atoms with Crippen LogP contribution in [0.2, 0.25) is 0 Å². The Labute approximate surface area is 183 Å². The van der Waals surface area contributed by atoms with Gasteiger partial charge in [0.2, 0.25) is 12.2 Å².